The van der Waals surface area contributed by atoms with Crippen LogP contribution in [0.25, 0.3) is 44.7 Å². The topological polar surface area (TPSA) is 55.8 Å². The molecule has 2 aliphatic rings. The molecule has 0 saturated carbocycles. The van der Waals surface area contributed by atoms with Crippen molar-refractivity contribution in [3.63, 3.8) is 0 Å². The molecule has 5 heteroatoms. The van der Waals surface area contributed by atoms with Gasteiger partial charge in [-0.15, -0.1) is 0 Å². The lowest BCUT2D eigenvalue weighted by atomic mass is 9.72. The quantitative estimate of drug-likeness (QED) is 0.152. The second-order valence-electron chi connectivity index (χ2n) is 17.7. The van der Waals surface area contributed by atoms with Gasteiger partial charge in [-0.05, 0) is 124 Å². The predicted octanol–water partition coefficient (Wildman–Crippen LogP) is 13.1. The van der Waals surface area contributed by atoms with Crippen molar-refractivity contribution in [1.29, 1.82) is 0 Å². The average molecular weight is 755 g/mol. The Bertz CT molecular complexity index is 2410. The van der Waals surface area contributed by atoms with Crippen molar-refractivity contribution in [3.8, 4) is 22.3 Å². The van der Waals surface area contributed by atoms with Crippen molar-refractivity contribution in [2.45, 2.75) is 131 Å². The summed E-state index contributed by atoms with van der Waals surface area (Å²) in [5, 5.41) is 4.18. The molecule has 1 heterocycles. The van der Waals surface area contributed by atoms with E-state index in [-0.39, 0.29) is 23.7 Å². The molecule has 4 nitrogen and oxygen atoms in total. The summed E-state index contributed by atoms with van der Waals surface area (Å²) in [6, 6.07) is 29.2. The fourth-order valence-electron chi connectivity index (χ4n) is 8.90. The molecule has 0 amide bonds. The van der Waals surface area contributed by atoms with Crippen molar-refractivity contribution >= 4 is 30.2 Å². The summed E-state index contributed by atoms with van der Waals surface area (Å²) in [6.07, 6.45) is 2.40. The van der Waals surface area contributed by atoms with Gasteiger partial charge < -0.3 is 4.89 Å². The first-order valence-corrected chi connectivity index (χ1v) is 21.9. The highest BCUT2D eigenvalue weighted by molar-refractivity contribution is 7.48. The summed E-state index contributed by atoms with van der Waals surface area (Å²) in [5.74, 6) is 0.268. The standard InChI is InChI=1S/C50H59O4P/c1-28(2)36-24-40(30(5)6)45(41(25-36)31(7)8)44-23-35-18-14-15-19-38(35)48(47(44)46-42(32(9)10)26-37(29(3)4)27-43(46)33(11)12)49-39-20-16-13-17-34(39)21-22-50(49)53-55(51,52)54-50/h13-21,23-33H,22H2,1-12H3,(H,51,52). The van der Waals surface area contributed by atoms with Gasteiger partial charge in [0.1, 0.15) is 0 Å². The molecule has 1 N–H and O–H groups in total. The van der Waals surface area contributed by atoms with E-state index in [0.29, 0.717) is 18.3 Å². The van der Waals surface area contributed by atoms with Gasteiger partial charge in [0.15, 0.2) is 0 Å². The van der Waals surface area contributed by atoms with E-state index >= 15 is 0 Å². The maximum Gasteiger partial charge on any atom is 0.477 e. The van der Waals surface area contributed by atoms with Gasteiger partial charge in [0.2, 0.25) is 5.79 Å². The summed E-state index contributed by atoms with van der Waals surface area (Å²) in [4.78, 5) is 10.7. The van der Waals surface area contributed by atoms with Gasteiger partial charge in [-0.2, -0.15) is 0 Å². The SMILES string of the molecule is CC(C)c1cc(C(C)C)c(-c2cc3ccccc3c(C3=c4ccccc4=CCC34OP(=O)(O)O4)c2-c2c(C(C)C)cc(C(C)C)cc2C(C)C)c(C(C)C)c1. The minimum atomic E-state index is -4.25. The molecule has 0 radical (unpaired) electrons. The Morgan fingerprint density at radius 2 is 1.04 bits per heavy atom. The first-order chi connectivity index (χ1) is 25.9. The zero-order valence-electron chi connectivity index (χ0n) is 34.9. The first-order valence-electron chi connectivity index (χ1n) is 20.4. The number of phosphoric acid groups is 1. The number of rotatable bonds is 9. The lowest BCUT2D eigenvalue weighted by molar-refractivity contribution is -0.169. The van der Waals surface area contributed by atoms with Crippen molar-refractivity contribution in [3.05, 3.63) is 128 Å². The first kappa shape index (κ1) is 39.4. The Morgan fingerprint density at radius 1 is 0.564 bits per heavy atom. The van der Waals surface area contributed by atoms with Crippen LogP contribution in [-0.4, -0.2) is 10.7 Å². The van der Waals surface area contributed by atoms with Crippen LogP contribution >= 0.6 is 7.82 Å². The third kappa shape index (κ3) is 6.88. The van der Waals surface area contributed by atoms with Crippen LogP contribution in [0.3, 0.4) is 0 Å². The van der Waals surface area contributed by atoms with Crippen LogP contribution in [0.2, 0.25) is 0 Å². The highest BCUT2D eigenvalue weighted by atomic mass is 31.2. The van der Waals surface area contributed by atoms with Crippen LogP contribution in [0.4, 0.5) is 0 Å². The van der Waals surface area contributed by atoms with Crippen LogP contribution in [0, 0.1) is 0 Å². The monoisotopic (exact) mass is 754 g/mol. The van der Waals surface area contributed by atoms with E-state index in [0.717, 1.165) is 37.9 Å². The van der Waals surface area contributed by atoms with Gasteiger partial charge in [-0.3, -0.25) is 0 Å². The molecule has 0 bridgehead atoms. The van der Waals surface area contributed by atoms with Gasteiger partial charge in [0.25, 0.3) is 0 Å². The van der Waals surface area contributed by atoms with E-state index < -0.39 is 13.6 Å². The highest BCUT2D eigenvalue weighted by Gasteiger charge is 2.59. The third-order valence-electron chi connectivity index (χ3n) is 11.8. The molecule has 0 unspecified atom stereocenters. The molecule has 55 heavy (non-hydrogen) atoms. The Kier molecular flexibility index (Phi) is 10.5. The number of fused-ring (bicyclic) bond motifs is 2. The van der Waals surface area contributed by atoms with Gasteiger partial charge >= 0.3 is 7.82 Å². The zero-order chi connectivity index (χ0) is 39.7. The summed E-state index contributed by atoms with van der Waals surface area (Å²) in [6.45, 7) is 27.6. The molecule has 0 aromatic heterocycles. The molecule has 0 atom stereocenters. The van der Waals surface area contributed by atoms with E-state index in [9.17, 15) is 9.46 Å². The summed E-state index contributed by atoms with van der Waals surface area (Å²) < 4.78 is 25.5. The number of benzene rings is 5. The second kappa shape index (κ2) is 14.6. The van der Waals surface area contributed by atoms with Gasteiger partial charge in [0.05, 0.1) is 0 Å². The average Bonchev–Trinajstić information content (AvgIpc) is 3.12. The molecule has 1 saturated heterocycles. The number of hydrogen-bond donors (Lipinski definition) is 1. The van der Waals surface area contributed by atoms with Crippen molar-refractivity contribution in [2.75, 3.05) is 0 Å². The predicted molar refractivity (Wildman–Crippen MR) is 231 cm³/mol. The van der Waals surface area contributed by atoms with E-state index in [1.807, 2.05) is 6.07 Å². The van der Waals surface area contributed by atoms with Crippen molar-refractivity contribution in [1.82, 2.24) is 0 Å². The maximum atomic E-state index is 13.1. The van der Waals surface area contributed by atoms with E-state index in [1.165, 1.54) is 50.1 Å². The van der Waals surface area contributed by atoms with Crippen molar-refractivity contribution < 1.29 is 18.5 Å². The minimum absolute atomic E-state index is 0.218. The molecule has 1 fully saturated rings. The number of hydrogen-bond acceptors (Lipinski definition) is 3. The van der Waals surface area contributed by atoms with E-state index in [2.05, 4.69) is 162 Å². The maximum absolute atomic E-state index is 13.1. The van der Waals surface area contributed by atoms with E-state index in [1.54, 1.807) is 0 Å². The largest absolute Gasteiger partial charge is 0.477 e. The molecular formula is C50H59O4P. The Balaban J connectivity index is 1.83. The van der Waals surface area contributed by atoms with Crippen LogP contribution in [-0.2, 0) is 13.6 Å². The van der Waals surface area contributed by atoms with Gasteiger partial charge in [-0.25, -0.2) is 13.6 Å². The molecule has 7 rings (SSSR count). The minimum Gasteiger partial charge on any atom is -0.302 e. The van der Waals surface area contributed by atoms with Crippen molar-refractivity contribution in [2.24, 2.45) is 0 Å². The van der Waals surface area contributed by atoms with Crippen LogP contribution in [0.15, 0.2) is 78.9 Å². The second-order valence-corrected chi connectivity index (χ2v) is 19.0. The summed E-state index contributed by atoms with van der Waals surface area (Å²) in [7, 11) is -4.25. The summed E-state index contributed by atoms with van der Waals surface area (Å²) >= 11 is 0. The third-order valence-corrected chi connectivity index (χ3v) is 12.9. The molecule has 5 aromatic rings. The van der Waals surface area contributed by atoms with Crippen LogP contribution < -0.4 is 10.4 Å². The van der Waals surface area contributed by atoms with Gasteiger partial charge in [-0.1, -0.05) is 162 Å². The summed E-state index contributed by atoms with van der Waals surface area (Å²) in [5.41, 5.74) is 14.6. The lowest BCUT2D eigenvalue weighted by Crippen LogP contribution is -2.51. The lowest BCUT2D eigenvalue weighted by Gasteiger charge is -2.46. The Hall–Kier alpha value is -3.79. The molecule has 1 aliphatic carbocycles. The number of phosphoric ester groups is 1. The fourth-order valence-corrected chi connectivity index (χ4v) is 9.99. The molecule has 1 aliphatic heterocycles. The highest BCUT2D eigenvalue weighted by Crippen LogP contribution is 2.67. The fraction of sp³-hybridized carbons (Fsp3) is 0.400. The molecule has 5 aromatic carbocycles. The zero-order valence-corrected chi connectivity index (χ0v) is 35.8. The van der Waals surface area contributed by atoms with Crippen LogP contribution in [0.5, 0.6) is 0 Å². The molecule has 1 spiro atoms. The Labute approximate surface area is 328 Å². The normalized spacial score (nSPS) is 19.7. The molecular weight excluding hydrogens is 696 g/mol. The Morgan fingerprint density at radius 3 is 1.53 bits per heavy atom. The van der Waals surface area contributed by atoms with Gasteiger partial charge in [0, 0.05) is 12.0 Å². The smallest absolute Gasteiger partial charge is 0.302 e. The van der Waals surface area contributed by atoms with E-state index in [4.69, 9.17) is 9.05 Å². The molecule has 288 valence electrons. The van der Waals surface area contributed by atoms with Crippen LogP contribution in [0.1, 0.15) is 164 Å².